The molecule has 0 aliphatic carbocycles. The van der Waals surface area contributed by atoms with E-state index in [1.807, 2.05) is 19.0 Å². The lowest BCUT2D eigenvalue weighted by atomic mass is 10.2. The quantitative estimate of drug-likeness (QED) is 0.919. The first kappa shape index (κ1) is 15.6. The Labute approximate surface area is 129 Å². The van der Waals surface area contributed by atoms with Crippen LogP contribution in [0.1, 0.15) is 10.4 Å². The van der Waals surface area contributed by atoms with Crippen LogP contribution in [0.4, 0.5) is 11.5 Å². The van der Waals surface area contributed by atoms with Crippen molar-refractivity contribution in [3.05, 3.63) is 42.1 Å². The fourth-order valence-corrected chi connectivity index (χ4v) is 1.87. The summed E-state index contributed by atoms with van der Waals surface area (Å²) in [7, 11) is 6.91. The van der Waals surface area contributed by atoms with E-state index in [9.17, 15) is 4.79 Å². The smallest absolute Gasteiger partial charge is 0.257 e. The van der Waals surface area contributed by atoms with Gasteiger partial charge in [0.05, 0.1) is 19.8 Å². The first-order chi connectivity index (χ1) is 10.5. The largest absolute Gasteiger partial charge is 0.497 e. The van der Waals surface area contributed by atoms with Gasteiger partial charge in [-0.2, -0.15) is 0 Å². The number of hydrogen-bond acceptors (Lipinski definition) is 5. The number of carbonyl (C=O) groups is 1. The molecule has 0 aliphatic heterocycles. The first-order valence-corrected chi connectivity index (χ1v) is 6.71. The second-order valence-corrected chi connectivity index (χ2v) is 4.85. The first-order valence-electron chi connectivity index (χ1n) is 6.71. The van der Waals surface area contributed by atoms with Crippen LogP contribution in [-0.2, 0) is 0 Å². The molecular formula is C16H19N3O3. The number of hydrogen-bond donors (Lipinski definition) is 1. The van der Waals surface area contributed by atoms with E-state index in [-0.39, 0.29) is 5.91 Å². The number of methoxy groups -OCH3 is 2. The summed E-state index contributed by atoms with van der Waals surface area (Å²) in [5.74, 6) is 1.76. The van der Waals surface area contributed by atoms with Crippen LogP contribution in [0.25, 0.3) is 0 Å². The zero-order valence-electron chi connectivity index (χ0n) is 13.1. The second kappa shape index (κ2) is 6.80. The van der Waals surface area contributed by atoms with Gasteiger partial charge in [0, 0.05) is 44.2 Å². The predicted octanol–water partition coefficient (Wildman–Crippen LogP) is 2.42. The highest BCUT2D eigenvalue weighted by Crippen LogP contribution is 2.26. The number of carbonyl (C=O) groups excluding carboxylic acids is 1. The summed E-state index contributed by atoms with van der Waals surface area (Å²) < 4.78 is 10.4. The minimum atomic E-state index is -0.242. The summed E-state index contributed by atoms with van der Waals surface area (Å²) in [6, 6.07) is 8.71. The molecule has 22 heavy (non-hydrogen) atoms. The maximum absolute atomic E-state index is 12.2. The Morgan fingerprint density at radius 2 is 1.73 bits per heavy atom. The molecule has 2 rings (SSSR count). The number of nitrogens with one attached hydrogen (secondary N) is 1. The predicted molar refractivity (Wildman–Crippen MR) is 86.1 cm³/mol. The Morgan fingerprint density at radius 1 is 1.09 bits per heavy atom. The third-order valence-electron chi connectivity index (χ3n) is 3.08. The van der Waals surface area contributed by atoms with Crippen molar-refractivity contribution in [3.63, 3.8) is 0 Å². The lowest BCUT2D eigenvalue weighted by Crippen LogP contribution is -2.14. The van der Waals surface area contributed by atoms with Crippen LogP contribution in [0, 0.1) is 0 Å². The number of nitrogens with zero attached hydrogens (tertiary/aromatic N) is 2. The van der Waals surface area contributed by atoms with Gasteiger partial charge in [-0.3, -0.25) is 4.79 Å². The molecule has 6 heteroatoms. The van der Waals surface area contributed by atoms with E-state index in [4.69, 9.17) is 9.47 Å². The van der Waals surface area contributed by atoms with Gasteiger partial charge in [-0.1, -0.05) is 0 Å². The van der Waals surface area contributed by atoms with Crippen LogP contribution >= 0.6 is 0 Å². The maximum atomic E-state index is 12.2. The van der Waals surface area contributed by atoms with Gasteiger partial charge in [0.25, 0.3) is 5.91 Å². The molecule has 0 unspecified atom stereocenters. The molecule has 1 amide bonds. The van der Waals surface area contributed by atoms with Crippen LogP contribution in [0.2, 0.25) is 0 Å². The molecule has 1 heterocycles. The molecule has 0 spiro atoms. The number of anilines is 2. The number of ether oxygens (including phenoxy) is 2. The van der Waals surface area contributed by atoms with Crippen molar-refractivity contribution in [2.75, 3.05) is 38.5 Å². The van der Waals surface area contributed by atoms with Gasteiger partial charge < -0.3 is 19.7 Å². The van der Waals surface area contributed by atoms with Crippen molar-refractivity contribution in [1.29, 1.82) is 0 Å². The fourth-order valence-electron chi connectivity index (χ4n) is 1.87. The third kappa shape index (κ3) is 3.66. The normalized spacial score (nSPS) is 10.0. The van der Waals surface area contributed by atoms with E-state index < -0.39 is 0 Å². The van der Waals surface area contributed by atoms with Gasteiger partial charge in [0.2, 0.25) is 0 Å². The highest BCUT2D eigenvalue weighted by Gasteiger charge is 2.09. The number of rotatable bonds is 5. The van der Waals surface area contributed by atoms with Crippen molar-refractivity contribution < 1.29 is 14.3 Å². The van der Waals surface area contributed by atoms with Gasteiger partial charge >= 0.3 is 0 Å². The van der Waals surface area contributed by atoms with Gasteiger partial charge in [-0.25, -0.2) is 4.98 Å². The SMILES string of the molecule is COc1cc(NC(=O)c2ccc(N(C)C)nc2)cc(OC)c1. The molecule has 1 N–H and O–H groups in total. The minimum Gasteiger partial charge on any atom is -0.497 e. The molecule has 0 radical (unpaired) electrons. The summed E-state index contributed by atoms with van der Waals surface area (Å²) in [6.07, 6.45) is 1.54. The Balaban J connectivity index is 2.17. The van der Waals surface area contributed by atoms with Crippen molar-refractivity contribution in [2.45, 2.75) is 0 Å². The average Bonchev–Trinajstić information content (AvgIpc) is 2.54. The zero-order valence-corrected chi connectivity index (χ0v) is 13.1. The summed E-state index contributed by atoms with van der Waals surface area (Å²) in [4.78, 5) is 18.3. The van der Waals surface area contributed by atoms with Crippen molar-refractivity contribution in [3.8, 4) is 11.5 Å². The monoisotopic (exact) mass is 301 g/mol. The molecule has 0 fully saturated rings. The van der Waals surface area contributed by atoms with E-state index in [1.54, 1.807) is 50.7 Å². The topological polar surface area (TPSA) is 63.7 Å². The average molecular weight is 301 g/mol. The van der Waals surface area contributed by atoms with Crippen LogP contribution in [0.15, 0.2) is 36.5 Å². The molecule has 1 aromatic carbocycles. The van der Waals surface area contributed by atoms with E-state index in [2.05, 4.69) is 10.3 Å². The van der Waals surface area contributed by atoms with Crippen LogP contribution < -0.4 is 19.7 Å². The summed E-state index contributed by atoms with van der Waals surface area (Å²) >= 11 is 0. The molecule has 0 aliphatic rings. The van der Waals surface area contributed by atoms with Crippen LogP contribution in [0.5, 0.6) is 11.5 Å². The molecule has 0 bridgehead atoms. The summed E-state index contributed by atoms with van der Waals surface area (Å²) in [5, 5.41) is 2.80. The number of aromatic nitrogens is 1. The number of pyridine rings is 1. The molecule has 0 atom stereocenters. The van der Waals surface area contributed by atoms with E-state index in [0.29, 0.717) is 22.7 Å². The second-order valence-electron chi connectivity index (χ2n) is 4.85. The van der Waals surface area contributed by atoms with Gasteiger partial charge in [-0.05, 0) is 12.1 Å². The molecular weight excluding hydrogens is 282 g/mol. The molecule has 0 saturated carbocycles. The van der Waals surface area contributed by atoms with E-state index >= 15 is 0 Å². The molecule has 0 saturated heterocycles. The van der Waals surface area contributed by atoms with Gasteiger partial charge in [0.15, 0.2) is 0 Å². The van der Waals surface area contributed by atoms with Crippen LogP contribution in [-0.4, -0.2) is 39.2 Å². The Hall–Kier alpha value is -2.76. The highest BCUT2D eigenvalue weighted by molar-refractivity contribution is 6.04. The van der Waals surface area contributed by atoms with Crippen LogP contribution in [0.3, 0.4) is 0 Å². The Bertz CT molecular complexity index is 632. The number of benzene rings is 1. The fraction of sp³-hybridized carbons (Fsp3) is 0.250. The molecule has 2 aromatic rings. The lowest BCUT2D eigenvalue weighted by Gasteiger charge is -2.12. The van der Waals surface area contributed by atoms with E-state index in [1.165, 1.54) is 0 Å². The summed E-state index contributed by atoms with van der Waals surface area (Å²) in [6.45, 7) is 0. The lowest BCUT2D eigenvalue weighted by molar-refractivity contribution is 0.102. The Kier molecular flexibility index (Phi) is 4.83. The standard InChI is InChI=1S/C16H19N3O3/c1-19(2)15-6-5-11(10-17-15)16(20)18-12-7-13(21-3)9-14(8-12)22-4/h5-10H,1-4H3,(H,18,20). The van der Waals surface area contributed by atoms with Gasteiger partial charge in [-0.15, -0.1) is 0 Å². The highest BCUT2D eigenvalue weighted by atomic mass is 16.5. The maximum Gasteiger partial charge on any atom is 0.257 e. The van der Waals surface area contributed by atoms with Crippen molar-refractivity contribution >= 4 is 17.4 Å². The summed E-state index contributed by atoms with van der Waals surface area (Å²) in [5.41, 5.74) is 1.07. The number of amides is 1. The van der Waals surface area contributed by atoms with Crippen molar-refractivity contribution in [2.24, 2.45) is 0 Å². The minimum absolute atomic E-state index is 0.242. The third-order valence-corrected chi connectivity index (χ3v) is 3.08. The van der Waals surface area contributed by atoms with Crippen molar-refractivity contribution in [1.82, 2.24) is 4.98 Å². The van der Waals surface area contributed by atoms with E-state index in [0.717, 1.165) is 5.82 Å². The van der Waals surface area contributed by atoms with Gasteiger partial charge in [0.1, 0.15) is 17.3 Å². The molecule has 6 nitrogen and oxygen atoms in total. The molecule has 116 valence electrons. The molecule has 1 aromatic heterocycles. The Morgan fingerprint density at radius 3 is 2.18 bits per heavy atom. The zero-order chi connectivity index (χ0) is 16.1.